The number of likely N-dealkylation sites (N-methyl/N-ethyl adjacent to an activating group) is 1. The molecule has 0 aliphatic rings. The molecule has 0 aromatic carbocycles. The smallest absolute Gasteiger partial charge is 0.235 e. The van der Waals surface area contributed by atoms with Gasteiger partial charge in [0, 0.05) is 19.2 Å². The quantitative estimate of drug-likeness (QED) is 0.453. The largest absolute Gasteiger partial charge is 0.381 e. The van der Waals surface area contributed by atoms with Crippen LogP contribution < -0.4 is 15.4 Å². The Labute approximate surface area is 121 Å². The number of nitrogens with one attached hydrogen (secondary N) is 3. The van der Waals surface area contributed by atoms with Gasteiger partial charge in [-0.1, -0.05) is 0 Å². The van der Waals surface area contributed by atoms with Gasteiger partial charge in [-0.3, -0.25) is 4.79 Å². The fraction of sp³-hybridized carbons (Fsp3) is 0.900. The van der Waals surface area contributed by atoms with Crippen LogP contribution in [0.4, 0.5) is 0 Å². The van der Waals surface area contributed by atoms with E-state index in [0.717, 1.165) is 0 Å². The van der Waals surface area contributed by atoms with Gasteiger partial charge in [0.2, 0.25) is 15.9 Å². The molecule has 0 saturated heterocycles. The normalized spacial score (nSPS) is 12.6. The molecule has 19 heavy (non-hydrogen) atoms. The molecule has 3 N–H and O–H groups in total. The second kappa shape index (κ2) is 11.4. The summed E-state index contributed by atoms with van der Waals surface area (Å²) in [5.74, 6) is -0.488. The molecule has 0 aromatic heterocycles. The Hall–Kier alpha value is -0.410. The molecule has 0 rings (SSSR count). The van der Waals surface area contributed by atoms with Gasteiger partial charge in [0.25, 0.3) is 0 Å². The molecule has 0 bridgehead atoms. The van der Waals surface area contributed by atoms with Crippen molar-refractivity contribution >= 4 is 28.3 Å². The lowest BCUT2D eigenvalue weighted by Gasteiger charge is -2.11. The van der Waals surface area contributed by atoms with Crippen molar-refractivity contribution in [1.82, 2.24) is 15.4 Å². The molecule has 0 fully saturated rings. The first-order valence-electron chi connectivity index (χ1n) is 5.90. The van der Waals surface area contributed by atoms with Crippen LogP contribution in [0.3, 0.4) is 0 Å². The van der Waals surface area contributed by atoms with Crippen LogP contribution in [0.5, 0.6) is 0 Å². The molecule has 0 heterocycles. The van der Waals surface area contributed by atoms with E-state index in [1.807, 2.05) is 6.92 Å². The summed E-state index contributed by atoms with van der Waals surface area (Å²) in [6.07, 6.45) is 0. The van der Waals surface area contributed by atoms with E-state index < -0.39 is 10.0 Å². The minimum absolute atomic E-state index is 0. The fourth-order valence-corrected chi connectivity index (χ4v) is 1.82. The Balaban J connectivity index is 0. The third kappa shape index (κ3) is 12.4. The Kier molecular flexibility index (Phi) is 12.6. The lowest BCUT2D eigenvalue weighted by molar-refractivity contribution is -0.120. The molecule has 116 valence electrons. The Bertz CT molecular complexity index is 338. The molecule has 0 spiro atoms. The molecule has 9 heteroatoms. The molecular weight excluding hydrogens is 294 g/mol. The number of hydrogen-bond donors (Lipinski definition) is 3. The zero-order valence-electron chi connectivity index (χ0n) is 11.6. The molecule has 1 atom stereocenters. The third-order valence-electron chi connectivity index (χ3n) is 2.25. The van der Waals surface area contributed by atoms with Crippen molar-refractivity contribution in [3.8, 4) is 0 Å². The second-order valence-corrected chi connectivity index (χ2v) is 5.76. The van der Waals surface area contributed by atoms with Gasteiger partial charge < -0.3 is 15.4 Å². The minimum Gasteiger partial charge on any atom is -0.381 e. The summed E-state index contributed by atoms with van der Waals surface area (Å²) in [6.45, 7) is 4.51. The van der Waals surface area contributed by atoms with Gasteiger partial charge in [0.05, 0.1) is 18.9 Å². The second-order valence-electron chi connectivity index (χ2n) is 3.83. The number of hydrogen-bond acceptors (Lipinski definition) is 5. The molecular formula is C10H24ClN3O4S. The highest BCUT2D eigenvalue weighted by molar-refractivity contribution is 7.89. The number of amides is 1. The summed E-state index contributed by atoms with van der Waals surface area (Å²) in [7, 11) is -1.66. The third-order valence-corrected chi connectivity index (χ3v) is 3.54. The zero-order valence-corrected chi connectivity index (χ0v) is 13.2. The maximum atomic E-state index is 11.4. The average molecular weight is 318 g/mol. The van der Waals surface area contributed by atoms with Gasteiger partial charge >= 0.3 is 0 Å². The summed E-state index contributed by atoms with van der Waals surface area (Å²) in [4.78, 5) is 11.3. The molecule has 0 saturated carbocycles. The first-order valence-corrected chi connectivity index (χ1v) is 7.55. The van der Waals surface area contributed by atoms with E-state index in [2.05, 4.69) is 15.4 Å². The first kappa shape index (κ1) is 20.9. The van der Waals surface area contributed by atoms with Crippen LogP contribution in [-0.4, -0.2) is 59.5 Å². The summed E-state index contributed by atoms with van der Waals surface area (Å²) in [5.41, 5.74) is 0. The van der Waals surface area contributed by atoms with Gasteiger partial charge in [-0.2, -0.15) is 0 Å². The highest BCUT2D eigenvalue weighted by Gasteiger charge is 2.12. The zero-order chi connectivity index (χ0) is 14.0. The van der Waals surface area contributed by atoms with E-state index in [0.29, 0.717) is 13.2 Å². The highest BCUT2D eigenvalue weighted by atomic mass is 35.5. The molecule has 7 nitrogen and oxygen atoms in total. The number of sulfonamides is 1. The van der Waals surface area contributed by atoms with Gasteiger partial charge in [0.1, 0.15) is 0 Å². The molecule has 1 unspecified atom stereocenters. The Morgan fingerprint density at radius 1 is 1.37 bits per heavy atom. The van der Waals surface area contributed by atoms with Crippen LogP contribution in [0.2, 0.25) is 0 Å². The predicted octanol–water partition coefficient (Wildman–Crippen LogP) is -0.912. The van der Waals surface area contributed by atoms with E-state index in [9.17, 15) is 13.2 Å². The van der Waals surface area contributed by atoms with Gasteiger partial charge in [-0.15, -0.1) is 12.4 Å². The maximum Gasteiger partial charge on any atom is 0.235 e. The fourth-order valence-electron chi connectivity index (χ4n) is 0.992. The van der Waals surface area contributed by atoms with Crippen molar-refractivity contribution in [2.24, 2.45) is 0 Å². The van der Waals surface area contributed by atoms with Crippen LogP contribution in [0.15, 0.2) is 0 Å². The van der Waals surface area contributed by atoms with Crippen LogP contribution in [0.25, 0.3) is 0 Å². The van der Waals surface area contributed by atoms with Crippen molar-refractivity contribution in [3.05, 3.63) is 0 Å². The van der Waals surface area contributed by atoms with Crippen LogP contribution in [-0.2, 0) is 19.6 Å². The SMILES string of the molecule is CCOCCS(=O)(=O)NCC(=O)NCC(C)NC.Cl. The number of carbonyl (C=O) groups excluding carboxylic acids is 1. The van der Waals surface area contributed by atoms with Crippen molar-refractivity contribution in [2.75, 3.05) is 39.1 Å². The molecule has 0 aliphatic heterocycles. The number of rotatable bonds is 10. The Morgan fingerprint density at radius 2 is 2.00 bits per heavy atom. The number of ether oxygens (including phenoxy) is 1. The van der Waals surface area contributed by atoms with Crippen LogP contribution in [0, 0.1) is 0 Å². The lowest BCUT2D eigenvalue weighted by Crippen LogP contribution is -2.42. The summed E-state index contributed by atoms with van der Waals surface area (Å²) in [5, 5.41) is 5.57. The predicted molar refractivity (Wildman–Crippen MR) is 77.1 cm³/mol. The van der Waals surface area contributed by atoms with E-state index >= 15 is 0 Å². The summed E-state index contributed by atoms with van der Waals surface area (Å²) >= 11 is 0. The number of carbonyl (C=O) groups is 1. The van der Waals surface area contributed by atoms with E-state index in [1.54, 1.807) is 14.0 Å². The molecule has 0 aromatic rings. The van der Waals surface area contributed by atoms with Gasteiger partial charge in [0.15, 0.2) is 0 Å². The summed E-state index contributed by atoms with van der Waals surface area (Å²) < 4.78 is 30.0. The Morgan fingerprint density at radius 3 is 2.53 bits per heavy atom. The monoisotopic (exact) mass is 317 g/mol. The first-order chi connectivity index (χ1) is 8.41. The van der Waals surface area contributed by atoms with Gasteiger partial charge in [-0.25, -0.2) is 13.1 Å². The van der Waals surface area contributed by atoms with Gasteiger partial charge in [-0.05, 0) is 20.9 Å². The van der Waals surface area contributed by atoms with E-state index in [4.69, 9.17) is 4.74 Å². The van der Waals surface area contributed by atoms with E-state index in [-0.39, 0.29) is 43.3 Å². The van der Waals surface area contributed by atoms with Crippen LogP contribution >= 0.6 is 12.4 Å². The van der Waals surface area contributed by atoms with Crippen molar-refractivity contribution < 1.29 is 17.9 Å². The number of halogens is 1. The molecule has 0 aliphatic carbocycles. The minimum atomic E-state index is -3.44. The average Bonchev–Trinajstić information content (AvgIpc) is 2.33. The van der Waals surface area contributed by atoms with Crippen LogP contribution in [0.1, 0.15) is 13.8 Å². The van der Waals surface area contributed by atoms with Crippen molar-refractivity contribution in [3.63, 3.8) is 0 Å². The highest BCUT2D eigenvalue weighted by Crippen LogP contribution is 1.85. The lowest BCUT2D eigenvalue weighted by atomic mass is 10.3. The van der Waals surface area contributed by atoms with E-state index in [1.165, 1.54) is 0 Å². The maximum absolute atomic E-state index is 11.4. The summed E-state index contributed by atoms with van der Waals surface area (Å²) in [6, 6.07) is 0.142. The topological polar surface area (TPSA) is 96.5 Å². The molecule has 0 radical (unpaired) electrons. The van der Waals surface area contributed by atoms with Crippen molar-refractivity contribution in [2.45, 2.75) is 19.9 Å². The van der Waals surface area contributed by atoms with Crippen molar-refractivity contribution in [1.29, 1.82) is 0 Å². The molecule has 1 amide bonds. The standard InChI is InChI=1S/C10H23N3O4S.ClH/c1-4-17-5-6-18(15,16)13-8-10(14)12-7-9(2)11-3;/h9,11,13H,4-8H2,1-3H3,(H,12,14);1H.